The van der Waals surface area contributed by atoms with E-state index in [4.69, 9.17) is 4.42 Å². The molecule has 0 N–H and O–H groups in total. The second-order valence-corrected chi connectivity index (χ2v) is 3.66. The molecule has 0 aromatic heterocycles. The summed E-state index contributed by atoms with van der Waals surface area (Å²) < 4.78 is 5.06. The van der Waals surface area contributed by atoms with Crippen molar-refractivity contribution in [2.75, 3.05) is 0 Å². The van der Waals surface area contributed by atoms with E-state index in [9.17, 15) is 4.79 Å². The van der Waals surface area contributed by atoms with Gasteiger partial charge in [0, 0.05) is 11.6 Å². The molecule has 0 bridgehead atoms. The van der Waals surface area contributed by atoms with Crippen LogP contribution in [0.2, 0.25) is 0 Å². The topological polar surface area (TPSA) is 30.2 Å². The lowest BCUT2D eigenvalue weighted by Crippen LogP contribution is -1.84. The third-order valence-corrected chi connectivity index (χ3v) is 2.67. The first kappa shape index (κ1) is 9.00. The van der Waals surface area contributed by atoms with Crippen LogP contribution in [-0.2, 0) is 0 Å². The lowest BCUT2D eigenvalue weighted by Gasteiger charge is -1.94. The Balaban J connectivity index is 2.88. The first-order valence-electron chi connectivity index (χ1n) is 4.59. The molecule has 0 saturated carbocycles. The smallest absolute Gasteiger partial charge is 0.336 e. The van der Waals surface area contributed by atoms with Crippen LogP contribution in [0.25, 0.3) is 11.3 Å². The van der Waals surface area contributed by atoms with Crippen LogP contribution in [0.1, 0.15) is 16.7 Å². The summed E-state index contributed by atoms with van der Waals surface area (Å²) in [6, 6.07) is 5.43. The maximum Gasteiger partial charge on any atom is 0.336 e. The highest BCUT2D eigenvalue weighted by Gasteiger charge is 2.08. The van der Waals surface area contributed by atoms with Crippen LogP contribution in [-0.4, -0.2) is 0 Å². The zero-order valence-electron chi connectivity index (χ0n) is 8.55. The average molecular weight is 188 g/mol. The number of rotatable bonds is 0. The summed E-state index contributed by atoms with van der Waals surface area (Å²) in [7, 11) is 0. The molecule has 2 rings (SSSR count). The van der Waals surface area contributed by atoms with Crippen molar-refractivity contribution < 1.29 is 4.42 Å². The van der Waals surface area contributed by atoms with Gasteiger partial charge in [0.25, 0.3) is 0 Å². The minimum absolute atomic E-state index is 0.275. The zero-order chi connectivity index (χ0) is 10.3. The van der Waals surface area contributed by atoms with Gasteiger partial charge < -0.3 is 4.42 Å². The third kappa shape index (κ3) is 1.33. The van der Waals surface area contributed by atoms with Crippen molar-refractivity contribution in [3.8, 4) is 11.3 Å². The zero-order valence-corrected chi connectivity index (χ0v) is 8.55. The number of fused-ring (bicyclic) bond motifs is 1. The van der Waals surface area contributed by atoms with Crippen molar-refractivity contribution in [1.29, 1.82) is 0 Å². The maximum absolute atomic E-state index is 11.0. The largest absolute Gasteiger partial charge is 0.423 e. The molecule has 0 radical (unpaired) electrons. The molecular formula is C12H12O2. The maximum atomic E-state index is 11.0. The molecule has 0 amide bonds. The average Bonchev–Trinajstić information content (AvgIpc) is 2.40. The van der Waals surface area contributed by atoms with E-state index in [2.05, 4.69) is 6.92 Å². The Bertz CT molecular complexity index is 466. The van der Waals surface area contributed by atoms with E-state index in [-0.39, 0.29) is 5.63 Å². The van der Waals surface area contributed by atoms with Gasteiger partial charge in [0.2, 0.25) is 0 Å². The molecule has 0 saturated heterocycles. The van der Waals surface area contributed by atoms with Crippen molar-refractivity contribution in [3.63, 3.8) is 0 Å². The highest BCUT2D eigenvalue weighted by atomic mass is 16.4. The first-order chi connectivity index (χ1) is 6.58. The Morgan fingerprint density at radius 3 is 2.36 bits per heavy atom. The summed E-state index contributed by atoms with van der Waals surface area (Å²) in [4.78, 5) is 11.0. The Morgan fingerprint density at radius 1 is 1.00 bits per heavy atom. The molecule has 14 heavy (non-hydrogen) atoms. The standard InChI is InChI=1S/C12H12O2/c1-7-4-10-6-12(13)14-11(10)5-8(2)9(7)3/h4-6H,1-3H3. The van der Waals surface area contributed by atoms with Crippen LogP contribution in [0.15, 0.2) is 27.4 Å². The van der Waals surface area contributed by atoms with E-state index in [0.29, 0.717) is 5.76 Å². The van der Waals surface area contributed by atoms with Crippen LogP contribution in [0.5, 0.6) is 0 Å². The van der Waals surface area contributed by atoms with Gasteiger partial charge in [-0.3, -0.25) is 0 Å². The summed E-state index contributed by atoms with van der Waals surface area (Å²) in [6.07, 6.45) is 0. The Labute approximate surface area is 82.5 Å². The number of aryl methyl sites for hydroxylation is 2. The minimum atomic E-state index is -0.275. The van der Waals surface area contributed by atoms with Gasteiger partial charge in [0.15, 0.2) is 0 Å². The monoisotopic (exact) mass is 188 g/mol. The van der Waals surface area contributed by atoms with E-state index in [1.165, 1.54) is 17.2 Å². The molecule has 0 spiro atoms. The molecule has 2 nitrogen and oxygen atoms in total. The van der Waals surface area contributed by atoms with Gasteiger partial charge in [-0.1, -0.05) is 0 Å². The fourth-order valence-electron chi connectivity index (χ4n) is 1.58. The molecule has 0 fully saturated rings. The van der Waals surface area contributed by atoms with Crippen molar-refractivity contribution in [1.82, 2.24) is 0 Å². The summed E-state index contributed by atoms with van der Waals surface area (Å²) in [5.41, 5.74) is 4.17. The van der Waals surface area contributed by atoms with Gasteiger partial charge in [-0.25, -0.2) is 4.79 Å². The van der Waals surface area contributed by atoms with E-state index < -0.39 is 0 Å². The number of hydrogen-bond acceptors (Lipinski definition) is 2. The molecule has 1 aliphatic carbocycles. The van der Waals surface area contributed by atoms with Crippen LogP contribution in [0, 0.1) is 20.8 Å². The number of hydrogen-bond donors (Lipinski definition) is 0. The van der Waals surface area contributed by atoms with Crippen LogP contribution in [0.4, 0.5) is 0 Å². The molecule has 2 heteroatoms. The quantitative estimate of drug-likeness (QED) is 0.636. The fourth-order valence-corrected chi connectivity index (χ4v) is 1.58. The molecule has 2 aliphatic rings. The van der Waals surface area contributed by atoms with Crippen LogP contribution < -0.4 is 5.63 Å². The minimum Gasteiger partial charge on any atom is -0.423 e. The fraction of sp³-hybridized carbons (Fsp3) is 0.250. The SMILES string of the molecule is Cc1cc2cc(=O)oc-2cc(C)c1C. The van der Waals surface area contributed by atoms with E-state index in [1.54, 1.807) is 0 Å². The van der Waals surface area contributed by atoms with Gasteiger partial charge in [-0.15, -0.1) is 0 Å². The molecule has 72 valence electrons. The third-order valence-electron chi connectivity index (χ3n) is 2.67. The van der Waals surface area contributed by atoms with Crippen molar-refractivity contribution in [3.05, 3.63) is 45.3 Å². The molecule has 0 aromatic rings. The Morgan fingerprint density at radius 2 is 1.64 bits per heavy atom. The van der Waals surface area contributed by atoms with Crippen LogP contribution >= 0.6 is 0 Å². The Hall–Kier alpha value is -1.57. The van der Waals surface area contributed by atoms with E-state index in [1.807, 2.05) is 26.0 Å². The number of furan rings is 1. The van der Waals surface area contributed by atoms with Gasteiger partial charge in [-0.05, 0) is 49.6 Å². The van der Waals surface area contributed by atoms with Crippen molar-refractivity contribution in [2.45, 2.75) is 20.8 Å². The van der Waals surface area contributed by atoms with E-state index >= 15 is 0 Å². The molecule has 1 heterocycles. The molecule has 0 unspecified atom stereocenters. The predicted octanol–water partition coefficient (Wildman–Crippen LogP) is 2.67. The van der Waals surface area contributed by atoms with Gasteiger partial charge in [0.05, 0.1) is 0 Å². The summed E-state index contributed by atoms with van der Waals surface area (Å²) >= 11 is 0. The first-order valence-corrected chi connectivity index (χ1v) is 4.59. The lowest BCUT2D eigenvalue weighted by molar-refractivity contribution is 0.545. The molecular weight excluding hydrogens is 176 g/mol. The molecule has 1 aliphatic heterocycles. The predicted molar refractivity (Wildman–Crippen MR) is 55.8 cm³/mol. The summed E-state index contributed by atoms with van der Waals surface area (Å²) in [6.45, 7) is 6.13. The summed E-state index contributed by atoms with van der Waals surface area (Å²) in [5, 5.41) is 0. The lowest BCUT2D eigenvalue weighted by atomic mass is 10.1. The van der Waals surface area contributed by atoms with Gasteiger partial charge >= 0.3 is 5.63 Å². The second kappa shape index (κ2) is 2.98. The Kier molecular flexibility index (Phi) is 1.92. The van der Waals surface area contributed by atoms with Crippen molar-refractivity contribution >= 4 is 0 Å². The van der Waals surface area contributed by atoms with Gasteiger partial charge in [0.1, 0.15) is 5.76 Å². The summed E-state index contributed by atoms with van der Waals surface area (Å²) in [5.74, 6) is 0.670. The van der Waals surface area contributed by atoms with Crippen molar-refractivity contribution in [2.24, 2.45) is 0 Å². The normalized spacial score (nSPS) is 10.8. The molecule has 0 atom stereocenters. The van der Waals surface area contributed by atoms with Crippen LogP contribution in [0.3, 0.4) is 0 Å². The van der Waals surface area contributed by atoms with Gasteiger partial charge in [-0.2, -0.15) is 0 Å². The van der Waals surface area contributed by atoms with E-state index in [0.717, 1.165) is 11.1 Å². The highest BCUT2D eigenvalue weighted by Crippen LogP contribution is 2.24. The molecule has 0 aromatic carbocycles. The second-order valence-electron chi connectivity index (χ2n) is 3.66. The highest BCUT2D eigenvalue weighted by molar-refractivity contribution is 5.61.